The molecule has 1 aliphatic carbocycles. The molecule has 5 rings (SSSR count). The Morgan fingerprint density at radius 2 is 1.92 bits per heavy atom. The molecule has 26 heavy (non-hydrogen) atoms. The van der Waals surface area contributed by atoms with E-state index in [0.717, 1.165) is 26.1 Å². The third kappa shape index (κ3) is 3.32. The number of hydrogen-bond donors (Lipinski definition) is 1. The van der Waals surface area contributed by atoms with Crippen LogP contribution >= 0.6 is 12.4 Å². The molecule has 3 nitrogen and oxygen atoms in total. The summed E-state index contributed by atoms with van der Waals surface area (Å²) in [7, 11) is 0. The Bertz CT molecular complexity index is 801. The fourth-order valence-corrected chi connectivity index (χ4v) is 4.59. The van der Waals surface area contributed by atoms with Crippen molar-refractivity contribution in [3.05, 3.63) is 70.6 Å². The largest absolute Gasteiger partial charge is 0.315 e. The number of nitrogens with zero attached hydrogens (tertiary/aromatic N) is 2. The van der Waals surface area contributed by atoms with E-state index in [4.69, 9.17) is 0 Å². The summed E-state index contributed by atoms with van der Waals surface area (Å²) in [6.45, 7) is 5.57. The molecule has 136 valence electrons. The minimum absolute atomic E-state index is 0. The van der Waals surface area contributed by atoms with Crippen LogP contribution in [0.5, 0.6) is 0 Å². The average Bonchev–Trinajstić information content (AvgIpc) is 2.57. The Balaban J connectivity index is 0.00000168. The predicted octanol–water partition coefficient (Wildman–Crippen LogP) is 3.83. The van der Waals surface area contributed by atoms with Gasteiger partial charge in [-0.1, -0.05) is 42.0 Å². The second-order valence-electron chi connectivity index (χ2n) is 8.03. The average molecular weight is 368 g/mol. The van der Waals surface area contributed by atoms with Gasteiger partial charge in [0.2, 0.25) is 0 Å². The second kappa shape index (κ2) is 7.15. The Morgan fingerprint density at radius 1 is 1.12 bits per heavy atom. The maximum absolute atomic E-state index is 4.66. The third-order valence-corrected chi connectivity index (χ3v) is 6.04. The van der Waals surface area contributed by atoms with Crippen molar-refractivity contribution in [2.24, 2.45) is 5.41 Å². The summed E-state index contributed by atoms with van der Waals surface area (Å²) >= 11 is 0. The molecule has 0 bridgehead atoms. The van der Waals surface area contributed by atoms with Crippen LogP contribution < -0.4 is 5.32 Å². The molecule has 1 spiro atoms. The standard InChI is InChI=1S/C22H25N3.ClH/c1-2-4-17(5-3-1)13-25-9-7-21-20(14-25)19(6-8-24-21)10-18-11-22(12-18)15-23-16-22;/h1-6,8,10,23H,7,9,11-16H2;1H. The summed E-state index contributed by atoms with van der Waals surface area (Å²) in [5.41, 5.74) is 7.78. The second-order valence-corrected chi connectivity index (χ2v) is 8.03. The van der Waals surface area contributed by atoms with Crippen LogP contribution in [0.15, 0.2) is 48.2 Å². The lowest BCUT2D eigenvalue weighted by atomic mass is 9.61. The molecule has 1 saturated heterocycles. The van der Waals surface area contributed by atoms with Gasteiger partial charge in [0.1, 0.15) is 0 Å². The Labute approximate surface area is 161 Å². The highest BCUT2D eigenvalue weighted by Gasteiger charge is 2.45. The van der Waals surface area contributed by atoms with Crippen molar-refractivity contribution in [2.45, 2.75) is 32.4 Å². The van der Waals surface area contributed by atoms with Gasteiger partial charge in [-0.2, -0.15) is 0 Å². The lowest BCUT2D eigenvalue weighted by molar-refractivity contribution is 0.113. The zero-order valence-electron chi connectivity index (χ0n) is 15.1. The third-order valence-electron chi connectivity index (χ3n) is 6.04. The smallest absolute Gasteiger partial charge is 0.0467 e. The summed E-state index contributed by atoms with van der Waals surface area (Å²) in [6.07, 6.45) is 8.08. The van der Waals surface area contributed by atoms with Gasteiger partial charge in [-0.15, -0.1) is 12.4 Å². The fourth-order valence-electron chi connectivity index (χ4n) is 4.59. The topological polar surface area (TPSA) is 28.2 Å². The minimum Gasteiger partial charge on any atom is -0.315 e. The summed E-state index contributed by atoms with van der Waals surface area (Å²) in [5, 5.41) is 3.42. The number of allylic oxidation sites excluding steroid dienone is 1. The molecule has 2 aromatic rings. The van der Waals surface area contributed by atoms with Gasteiger partial charge in [0.15, 0.2) is 0 Å². The van der Waals surface area contributed by atoms with Crippen LogP contribution in [0.4, 0.5) is 0 Å². The number of benzene rings is 1. The van der Waals surface area contributed by atoms with E-state index in [1.165, 1.54) is 48.3 Å². The molecule has 0 atom stereocenters. The van der Waals surface area contributed by atoms with Crippen molar-refractivity contribution >= 4 is 18.5 Å². The zero-order valence-corrected chi connectivity index (χ0v) is 15.9. The van der Waals surface area contributed by atoms with Crippen molar-refractivity contribution in [2.75, 3.05) is 19.6 Å². The van der Waals surface area contributed by atoms with E-state index in [1.807, 2.05) is 6.20 Å². The molecule has 0 unspecified atom stereocenters. The molecule has 4 heteroatoms. The van der Waals surface area contributed by atoms with Gasteiger partial charge in [0, 0.05) is 56.5 Å². The highest BCUT2D eigenvalue weighted by Crippen LogP contribution is 2.48. The first kappa shape index (κ1) is 17.7. The Kier molecular flexibility index (Phi) is 4.87. The summed E-state index contributed by atoms with van der Waals surface area (Å²) in [4.78, 5) is 7.22. The lowest BCUT2D eigenvalue weighted by Gasteiger charge is -2.51. The van der Waals surface area contributed by atoms with Crippen molar-refractivity contribution in [1.82, 2.24) is 15.2 Å². The van der Waals surface area contributed by atoms with E-state index in [0.29, 0.717) is 5.41 Å². The Morgan fingerprint density at radius 3 is 2.65 bits per heavy atom. The van der Waals surface area contributed by atoms with Crippen LogP contribution in [0.3, 0.4) is 0 Å². The maximum Gasteiger partial charge on any atom is 0.0467 e. The van der Waals surface area contributed by atoms with E-state index in [-0.39, 0.29) is 12.4 Å². The van der Waals surface area contributed by atoms with Crippen molar-refractivity contribution in [1.29, 1.82) is 0 Å². The molecule has 3 aliphatic rings. The number of halogens is 1. The zero-order chi connectivity index (χ0) is 16.7. The van der Waals surface area contributed by atoms with Gasteiger partial charge >= 0.3 is 0 Å². The number of aromatic nitrogens is 1. The number of rotatable bonds is 3. The molecular weight excluding hydrogens is 342 g/mol. The number of fused-ring (bicyclic) bond motifs is 1. The summed E-state index contributed by atoms with van der Waals surface area (Å²) < 4.78 is 0. The fraction of sp³-hybridized carbons (Fsp3) is 0.409. The molecule has 2 aliphatic heterocycles. The summed E-state index contributed by atoms with van der Waals surface area (Å²) in [5.74, 6) is 0. The van der Waals surface area contributed by atoms with Gasteiger partial charge in [-0.25, -0.2) is 0 Å². The molecule has 0 radical (unpaired) electrons. The van der Waals surface area contributed by atoms with Crippen LogP contribution in [0.1, 0.15) is 35.2 Å². The van der Waals surface area contributed by atoms with E-state index >= 15 is 0 Å². The molecule has 0 amide bonds. The van der Waals surface area contributed by atoms with Crippen molar-refractivity contribution < 1.29 is 0 Å². The number of pyridine rings is 1. The van der Waals surface area contributed by atoms with Gasteiger partial charge in [-0.05, 0) is 35.6 Å². The molecule has 1 aromatic heterocycles. The maximum atomic E-state index is 4.66. The normalized spacial score (nSPS) is 20.5. The van der Waals surface area contributed by atoms with E-state index in [9.17, 15) is 0 Å². The van der Waals surface area contributed by atoms with Crippen LogP contribution in [-0.2, 0) is 19.5 Å². The molecule has 1 N–H and O–H groups in total. The first-order valence-electron chi connectivity index (χ1n) is 9.43. The first-order valence-corrected chi connectivity index (χ1v) is 9.43. The molecular formula is C22H26ClN3. The molecule has 1 aromatic carbocycles. The highest BCUT2D eigenvalue weighted by atomic mass is 35.5. The minimum atomic E-state index is 0. The van der Waals surface area contributed by atoms with Gasteiger partial charge < -0.3 is 5.32 Å². The first-order chi connectivity index (χ1) is 12.3. The van der Waals surface area contributed by atoms with Gasteiger partial charge in [-0.3, -0.25) is 9.88 Å². The number of nitrogens with one attached hydrogen (secondary N) is 1. The van der Waals surface area contributed by atoms with Crippen LogP contribution in [-0.4, -0.2) is 29.5 Å². The van der Waals surface area contributed by atoms with E-state index in [1.54, 1.807) is 5.57 Å². The van der Waals surface area contributed by atoms with Crippen molar-refractivity contribution in [3.8, 4) is 0 Å². The molecule has 1 saturated carbocycles. The number of hydrogen-bond acceptors (Lipinski definition) is 3. The van der Waals surface area contributed by atoms with E-state index < -0.39 is 0 Å². The predicted molar refractivity (Wildman–Crippen MR) is 108 cm³/mol. The Hall–Kier alpha value is -1.68. The molecule has 3 heterocycles. The summed E-state index contributed by atoms with van der Waals surface area (Å²) in [6, 6.07) is 13.0. The van der Waals surface area contributed by atoms with Crippen LogP contribution in [0.2, 0.25) is 0 Å². The highest BCUT2D eigenvalue weighted by molar-refractivity contribution is 5.85. The monoisotopic (exact) mass is 367 g/mol. The molecule has 2 fully saturated rings. The van der Waals surface area contributed by atoms with Gasteiger partial charge in [0.25, 0.3) is 0 Å². The van der Waals surface area contributed by atoms with E-state index in [2.05, 4.69) is 57.7 Å². The van der Waals surface area contributed by atoms with Crippen molar-refractivity contribution in [3.63, 3.8) is 0 Å². The quantitative estimate of drug-likeness (QED) is 0.893. The lowest BCUT2D eigenvalue weighted by Crippen LogP contribution is -2.57. The SMILES string of the molecule is C(=C1CC2(CNC2)C1)c1ccnc2c1CN(Cc1ccccc1)CC2.Cl. The van der Waals surface area contributed by atoms with Gasteiger partial charge in [0.05, 0.1) is 0 Å². The van der Waals surface area contributed by atoms with Crippen LogP contribution in [0.25, 0.3) is 6.08 Å². The van der Waals surface area contributed by atoms with Crippen LogP contribution in [0, 0.1) is 5.41 Å².